The Kier molecular flexibility index (Phi) is 5.03. The van der Waals surface area contributed by atoms with Crippen molar-refractivity contribution in [1.82, 2.24) is 14.9 Å². The number of carbonyl (C=O) groups excluding carboxylic acids is 1. The molecule has 1 aliphatic rings. The molecule has 0 bridgehead atoms. The van der Waals surface area contributed by atoms with Gasteiger partial charge in [-0.15, -0.1) is 0 Å². The number of benzene rings is 1. The fraction of sp³-hybridized carbons (Fsp3) is 0.444. The number of rotatable bonds is 6. The van der Waals surface area contributed by atoms with Gasteiger partial charge in [0.05, 0.1) is 14.2 Å². The molecule has 6 heteroatoms. The van der Waals surface area contributed by atoms with E-state index < -0.39 is 0 Å². The number of aromatic nitrogens is 2. The summed E-state index contributed by atoms with van der Waals surface area (Å²) in [6, 6.07) is 5.94. The van der Waals surface area contributed by atoms with E-state index in [2.05, 4.69) is 14.9 Å². The first kappa shape index (κ1) is 16.4. The molecule has 3 rings (SSSR count). The number of imidazole rings is 1. The Morgan fingerprint density at radius 2 is 2.17 bits per heavy atom. The summed E-state index contributed by atoms with van der Waals surface area (Å²) >= 11 is 0. The SMILES string of the molecule is COc1ccc(CCC(=O)N[C@@H]2CCc3nccn3C2)cc1OC. The predicted octanol–water partition coefficient (Wildman–Crippen LogP) is 1.96. The Hall–Kier alpha value is -2.50. The van der Waals surface area contributed by atoms with Crippen LogP contribution in [-0.2, 0) is 24.2 Å². The van der Waals surface area contributed by atoms with Crippen molar-refractivity contribution >= 4 is 5.91 Å². The molecule has 0 spiro atoms. The zero-order valence-electron chi connectivity index (χ0n) is 14.1. The van der Waals surface area contributed by atoms with Gasteiger partial charge in [0.25, 0.3) is 0 Å². The number of nitrogens with one attached hydrogen (secondary N) is 1. The molecule has 1 aromatic heterocycles. The van der Waals surface area contributed by atoms with E-state index in [4.69, 9.17) is 9.47 Å². The highest BCUT2D eigenvalue weighted by molar-refractivity contribution is 5.76. The quantitative estimate of drug-likeness (QED) is 0.880. The number of ether oxygens (including phenoxy) is 2. The van der Waals surface area contributed by atoms with E-state index in [1.54, 1.807) is 14.2 Å². The Morgan fingerprint density at radius 1 is 1.33 bits per heavy atom. The lowest BCUT2D eigenvalue weighted by Gasteiger charge is -2.24. The van der Waals surface area contributed by atoms with E-state index in [0.717, 1.165) is 30.8 Å². The van der Waals surface area contributed by atoms with Gasteiger partial charge in [0.1, 0.15) is 5.82 Å². The molecule has 0 unspecified atom stereocenters. The maximum Gasteiger partial charge on any atom is 0.220 e. The lowest BCUT2D eigenvalue weighted by atomic mass is 10.1. The standard InChI is InChI=1S/C18H23N3O3/c1-23-15-6-3-13(11-16(15)24-2)4-8-18(22)20-14-5-7-17-19-9-10-21(17)12-14/h3,6,9-11,14H,4-5,7-8,12H2,1-2H3,(H,20,22)/t14-/m1/s1. The monoisotopic (exact) mass is 329 g/mol. The molecule has 1 amide bonds. The third-order valence-corrected chi connectivity index (χ3v) is 4.39. The zero-order valence-corrected chi connectivity index (χ0v) is 14.1. The second-order valence-corrected chi connectivity index (χ2v) is 5.99. The molecule has 0 saturated heterocycles. The predicted molar refractivity (Wildman–Crippen MR) is 90.3 cm³/mol. The molecule has 1 atom stereocenters. The van der Waals surface area contributed by atoms with E-state index in [9.17, 15) is 4.79 Å². The summed E-state index contributed by atoms with van der Waals surface area (Å²) in [4.78, 5) is 16.5. The molecule has 128 valence electrons. The Morgan fingerprint density at radius 3 is 2.96 bits per heavy atom. The van der Waals surface area contributed by atoms with Crippen LogP contribution in [0, 0.1) is 0 Å². The first-order valence-corrected chi connectivity index (χ1v) is 8.20. The van der Waals surface area contributed by atoms with Gasteiger partial charge in [-0.3, -0.25) is 4.79 Å². The Labute approximate surface area is 141 Å². The van der Waals surface area contributed by atoms with Crippen molar-refractivity contribution in [2.75, 3.05) is 14.2 Å². The second-order valence-electron chi connectivity index (χ2n) is 5.99. The number of hydrogen-bond acceptors (Lipinski definition) is 4. The van der Waals surface area contributed by atoms with Crippen LogP contribution in [0.2, 0.25) is 0 Å². The molecule has 0 saturated carbocycles. The summed E-state index contributed by atoms with van der Waals surface area (Å²) in [6.45, 7) is 0.803. The summed E-state index contributed by atoms with van der Waals surface area (Å²) in [6.07, 6.45) is 6.78. The summed E-state index contributed by atoms with van der Waals surface area (Å²) in [7, 11) is 3.22. The van der Waals surface area contributed by atoms with Gasteiger partial charge in [-0.05, 0) is 30.5 Å². The Bertz CT molecular complexity index is 711. The van der Waals surface area contributed by atoms with Gasteiger partial charge in [0.15, 0.2) is 11.5 Å². The van der Waals surface area contributed by atoms with Crippen molar-refractivity contribution in [3.05, 3.63) is 42.0 Å². The second kappa shape index (κ2) is 7.38. The smallest absolute Gasteiger partial charge is 0.220 e. The van der Waals surface area contributed by atoms with Gasteiger partial charge >= 0.3 is 0 Å². The van der Waals surface area contributed by atoms with Crippen LogP contribution < -0.4 is 14.8 Å². The van der Waals surface area contributed by atoms with Crippen molar-refractivity contribution in [3.63, 3.8) is 0 Å². The number of fused-ring (bicyclic) bond motifs is 1. The minimum absolute atomic E-state index is 0.0818. The number of methoxy groups -OCH3 is 2. The fourth-order valence-corrected chi connectivity index (χ4v) is 3.08. The van der Waals surface area contributed by atoms with Crippen LogP contribution in [-0.4, -0.2) is 35.7 Å². The third-order valence-electron chi connectivity index (χ3n) is 4.39. The van der Waals surface area contributed by atoms with E-state index in [1.807, 2.05) is 30.6 Å². The minimum Gasteiger partial charge on any atom is -0.493 e. The van der Waals surface area contributed by atoms with Crippen molar-refractivity contribution < 1.29 is 14.3 Å². The average Bonchev–Trinajstić information content (AvgIpc) is 3.07. The highest BCUT2D eigenvalue weighted by Crippen LogP contribution is 2.28. The number of amides is 1. The van der Waals surface area contributed by atoms with Crippen LogP contribution in [0.3, 0.4) is 0 Å². The normalized spacial score (nSPS) is 16.3. The molecule has 6 nitrogen and oxygen atoms in total. The van der Waals surface area contributed by atoms with Crippen LogP contribution in [0.5, 0.6) is 11.5 Å². The lowest BCUT2D eigenvalue weighted by molar-refractivity contribution is -0.122. The molecular weight excluding hydrogens is 306 g/mol. The zero-order chi connectivity index (χ0) is 16.9. The van der Waals surface area contributed by atoms with Crippen molar-refractivity contribution in [2.24, 2.45) is 0 Å². The van der Waals surface area contributed by atoms with Crippen LogP contribution in [0.4, 0.5) is 0 Å². The molecule has 0 fully saturated rings. The minimum atomic E-state index is 0.0818. The molecule has 0 radical (unpaired) electrons. The largest absolute Gasteiger partial charge is 0.493 e. The summed E-state index contributed by atoms with van der Waals surface area (Å²) in [5, 5.41) is 3.13. The highest BCUT2D eigenvalue weighted by Gasteiger charge is 2.20. The van der Waals surface area contributed by atoms with Gasteiger partial charge in [-0.25, -0.2) is 4.98 Å². The lowest BCUT2D eigenvalue weighted by Crippen LogP contribution is -2.40. The average molecular weight is 329 g/mol. The molecular formula is C18H23N3O3. The van der Waals surface area contributed by atoms with Crippen molar-refractivity contribution in [1.29, 1.82) is 0 Å². The summed E-state index contributed by atoms with van der Waals surface area (Å²) in [5.74, 6) is 2.57. The van der Waals surface area contributed by atoms with Gasteiger partial charge < -0.3 is 19.4 Å². The fourth-order valence-electron chi connectivity index (χ4n) is 3.08. The Balaban J connectivity index is 1.51. The number of nitrogens with zero attached hydrogens (tertiary/aromatic N) is 2. The highest BCUT2D eigenvalue weighted by atomic mass is 16.5. The van der Waals surface area contributed by atoms with Crippen molar-refractivity contribution in [3.8, 4) is 11.5 Å². The van der Waals surface area contributed by atoms with Crippen molar-refractivity contribution in [2.45, 2.75) is 38.3 Å². The maximum absolute atomic E-state index is 12.2. The molecule has 1 N–H and O–H groups in total. The number of aryl methyl sites for hydroxylation is 2. The molecule has 24 heavy (non-hydrogen) atoms. The molecule has 1 aromatic carbocycles. The maximum atomic E-state index is 12.2. The topological polar surface area (TPSA) is 65.4 Å². The van der Waals surface area contributed by atoms with Gasteiger partial charge in [0, 0.05) is 37.8 Å². The molecule has 0 aliphatic carbocycles. The molecule has 2 heterocycles. The van der Waals surface area contributed by atoms with E-state index in [1.165, 1.54) is 0 Å². The van der Waals surface area contributed by atoms with E-state index >= 15 is 0 Å². The van der Waals surface area contributed by atoms with E-state index in [-0.39, 0.29) is 11.9 Å². The molecule has 2 aromatic rings. The van der Waals surface area contributed by atoms with Gasteiger partial charge in [0.2, 0.25) is 5.91 Å². The van der Waals surface area contributed by atoms with E-state index in [0.29, 0.717) is 24.3 Å². The van der Waals surface area contributed by atoms with Crippen LogP contribution in [0.25, 0.3) is 0 Å². The van der Waals surface area contributed by atoms with Gasteiger partial charge in [-0.2, -0.15) is 0 Å². The van der Waals surface area contributed by atoms with Crippen LogP contribution in [0.1, 0.15) is 24.2 Å². The summed E-state index contributed by atoms with van der Waals surface area (Å²) < 4.78 is 12.6. The first-order valence-electron chi connectivity index (χ1n) is 8.20. The summed E-state index contributed by atoms with van der Waals surface area (Å²) in [5.41, 5.74) is 1.06. The number of hydrogen-bond donors (Lipinski definition) is 1. The van der Waals surface area contributed by atoms with Crippen LogP contribution >= 0.6 is 0 Å². The van der Waals surface area contributed by atoms with Crippen LogP contribution in [0.15, 0.2) is 30.6 Å². The number of carbonyl (C=O) groups is 1. The third kappa shape index (κ3) is 3.69. The first-order chi connectivity index (χ1) is 11.7. The van der Waals surface area contributed by atoms with Gasteiger partial charge in [-0.1, -0.05) is 6.07 Å². The molecule has 1 aliphatic heterocycles.